The average Bonchev–Trinajstić information content (AvgIpc) is 2.34. The lowest BCUT2D eigenvalue weighted by molar-refractivity contribution is 0.258. The molecule has 21 heavy (non-hydrogen) atoms. The average molecular weight is 294 g/mol. The molecule has 8 N–H and O–H groups in total. The highest BCUT2D eigenvalue weighted by atomic mass is 16.2. The summed E-state index contributed by atoms with van der Waals surface area (Å²) in [5, 5.41) is 15.6. The standard InChI is InChI=1S/C9H12N4O2.2CHNO/c1-5-2-3-6(12-8(10)14)4-7(5)13-9(11)15;2*2-1-3/h2-4H,1H3,(H3,10,12,14)(H3,11,13,15);2*2H. The maximum atomic E-state index is 10.7. The fourth-order valence-electron chi connectivity index (χ4n) is 1.11. The molecule has 0 aliphatic carbocycles. The van der Waals surface area contributed by atoms with Gasteiger partial charge >= 0.3 is 12.1 Å². The third-order valence-electron chi connectivity index (χ3n) is 1.76. The number of hydrogen-bond donors (Lipinski definition) is 6. The molecule has 0 saturated carbocycles. The van der Waals surface area contributed by atoms with Crippen LogP contribution >= 0.6 is 0 Å². The van der Waals surface area contributed by atoms with Crippen LogP contribution in [0.1, 0.15) is 5.56 Å². The fourth-order valence-corrected chi connectivity index (χ4v) is 1.11. The van der Waals surface area contributed by atoms with Crippen LogP contribution in [0.15, 0.2) is 18.2 Å². The first-order valence-electron chi connectivity index (χ1n) is 5.13. The second kappa shape index (κ2) is 11.6. The Kier molecular flexibility index (Phi) is 11.0. The van der Waals surface area contributed by atoms with Gasteiger partial charge in [-0.15, -0.1) is 0 Å². The lowest BCUT2D eigenvalue weighted by atomic mass is 10.2. The van der Waals surface area contributed by atoms with Crippen molar-refractivity contribution in [2.45, 2.75) is 6.92 Å². The smallest absolute Gasteiger partial charge is 0.316 e. The largest absolute Gasteiger partial charge is 0.351 e. The highest BCUT2D eigenvalue weighted by Crippen LogP contribution is 2.19. The molecule has 0 fully saturated rings. The molecule has 0 aromatic heterocycles. The molecule has 0 unspecified atom stereocenters. The Balaban J connectivity index is 0. The minimum Gasteiger partial charge on any atom is -0.351 e. The number of rotatable bonds is 2. The number of nitrogens with one attached hydrogen (secondary N) is 4. The number of isocyanates is 2. The number of hydrogen-bond acceptors (Lipinski definition) is 6. The molecule has 0 bridgehead atoms. The van der Waals surface area contributed by atoms with Gasteiger partial charge in [0.2, 0.25) is 12.2 Å². The maximum Gasteiger partial charge on any atom is 0.316 e. The van der Waals surface area contributed by atoms with Gasteiger partial charge in [-0.2, -0.15) is 0 Å². The highest BCUT2D eigenvalue weighted by molar-refractivity contribution is 5.92. The lowest BCUT2D eigenvalue weighted by Gasteiger charge is -2.08. The first-order valence-corrected chi connectivity index (χ1v) is 5.13. The first kappa shape index (κ1) is 19.9. The molecule has 112 valence electrons. The van der Waals surface area contributed by atoms with Gasteiger partial charge in [0, 0.05) is 11.4 Å². The number of carbonyl (C=O) groups excluding carboxylic acids is 4. The van der Waals surface area contributed by atoms with E-state index in [0.29, 0.717) is 11.4 Å². The number of carbonyl (C=O) groups is 2. The summed E-state index contributed by atoms with van der Waals surface area (Å²) in [4.78, 5) is 37.9. The van der Waals surface area contributed by atoms with Crippen molar-refractivity contribution in [1.29, 1.82) is 10.8 Å². The molecule has 0 radical (unpaired) electrons. The third-order valence-corrected chi connectivity index (χ3v) is 1.76. The molecule has 1 aromatic rings. The van der Waals surface area contributed by atoms with Crippen LogP contribution < -0.4 is 22.1 Å². The molecule has 0 spiro atoms. The zero-order valence-electron chi connectivity index (χ0n) is 11.0. The Morgan fingerprint density at radius 2 is 1.48 bits per heavy atom. The van der Waals surface area contributed by atoms with Crippen LogP contribution in [0.2, 0.25) is 0 Å². The topological polar surface area (TPSA) is 192 Å². The molecular formula is C11H14N6O4. The van der Waals surface area contributed by atoms with E-state index in [9.17, 15) is 9.59 Å². The zero-order valence-corrected chi connectivity index (χ0v) is 11.0. The molecule has 0 aliphatic heterocycles. The molecule has 10 heteroatoms. The van der Waals surface area contributed by atoms with Gasteiger partial charge in [0.15, 0.2) is 0 Å². The summed E-state index contributed by atoms with van der Waals surface area (Å²) in [6.45, 7) is 1.80. The molecular weight excluding hydrogens is 280 g/mol. The summed E-state index contributed by atoms with van der Waals surface area (Å²) in [6, 6.07) is 3.66. The Morgan fingerprint density at radius 3 is 1.86 bits per heavy atom. The monoisotopic (exact) mass is 294 g/mol. The van der Waals surface area contributed by atoms with Crippen molar-refractivity contribution in [3.8, 4) is 0 Å². The van der Waals surface area contributed by atoms with Crippen LogP contribution in [0.4, 0.5) is 21.0 Å². The van der Waals surface area contributed by atoms with Crippen molar-refractivity contribution >= 4 is 35.6 Å². The van der Waals surface area contributed by atoms with E-state index >= 15 is 0 Å². The quantitative estimate of drug-likeness (QED) is 0.347. The number of nitrogens with two attached hydrogens (primary N) is 2. The number of anilines is 2. The van der Waals surface area contributed by atoms with E-state index in [0.717, 1.165) is 17.7 Å². The summed E-state index contributed by atoms with van der Waals surface area (Å²) < 4.78 is 0. The van der Waals surface area contributed by atoms with Gasteiger partial charge in [0.05, 0.1) is 0 Å². The van der Waals surface area contributed by atoms with Gasteiger partial charge in [-0.3, -0.25) is 0 Å². The SMILES string of the molecule is Cc1ccc(NC(N)=O)cc1NC(N)=O.N=C=O.N=C=O. The van der Waals surface area contributed by atoms with Crippen molar-refractivity contribution in [2.75, 3.05) is 10.6 Å². The van der Waals surface area contributed by atoms with E-state index < -0.39 is 12.1 Å². The minimum atomic E-state index is -0.663. The van der Waals surface area contributed by atoms with Crippen molar-refractivity contribution in [1.82, 2.24) is 0 Å². The molecule has 0 saturated heterocycles. The minimum absolute atomic E-state index is 0.497. The Labute approximate surface area is 119 Å². The molecule has 0 atom stereocenters. The van der Waals surface area contributed by atoms with Crippen LogP contribution in [-0.4, -0.2) is 24.2 Å². The van der Waals surface area contributed by atoms with Crippen molar-refractivity contribution < 1.29 is 19.2 Å². The van der Waals surface area contributed by atoms with Crippen molar-refractivity contribution in [3.63, 3.8) is 0 Å². The zero-order chi connectivity index (χ0) is 16.8. The normalized spacial score (nSPS) is 7.48. The summed E-state index contributed by atoms with van der Waals surface area (Å²) in [7, 11) is 0. The van der Waals surface area contributed by atoms with E-state index in [4.69, 9.17) is 31.9 Å². The van der Waals surface area contributed by atoms with Gasteiger partial charge in [-0.25, -0.2) is 30.0 Å². The molecule has 0 heterocycles. The van der Waals surface area contributed by atoms with E-state index in [1.54, 1.807) is 25.1 Å². The molecule has 1 aromatic carbocycles. The van der Waals surface area contributed by atoms with Crippen molar-refractivity contribution in [2.24, 2.45) is 11.5 Å². The Morgan fingerprint density at radius 1 is 1.05 bits per heavy atom. The van der Waals surface area contributed by atoms with Crippen LogP contribution in [0, 0.1) is 17.7 Å². The number of benzene rings is 1. The van der Waals surface area contributed by atoms with Crippen molar-refractivity contribution in [3.05, 3.63) is 23.8 Å². The predicted molar refractivity (Wildman–Crippen MR) is 74.4 cm³/mol. The van der Waals surface area contributed by atoms with Gasteiger partial charge in [-0.05, 0) is 24.6 Å². The highest BCUT2D eigenvalue weighted by Gasteiger charge is 2.03. The number of urea groups is 2. The second-order valence-corrected chi connectivity index (χ2v) is 3.21. The molecule has 10 nitrogen and oxygen atoms in total. The summed E-state index contributed by atoms with van der Waals surface area (Å²) >= 11 is 0. The summed E-state index contributed by atoms with van der Waals surface area (Å²) in [6.07, 6.45) is 1.50. The van der Waals surface area contributed by atoms with Crippen LogP contribution in [0.25, 0.3) is 0 Å². The van der Waals surface area contributed by atoms with Crippen LogP contribution in [-0.2, 0) is 9.59 Å². The number of aryl methyl sites for hydroxylation is 1. The lowest BCUT2D eigenvalue weighted by Crippen LogP contribution is -2.21. The van der Waals surface area contributed by atoms with Crippen LogP contribution in [0.5, 0.6) is 0 Å². The van der Waals surface area contributed by atoms with Gasteiger partial charge in [0.1, 0.15) is 0 Å². The molecule has 0 aliphatic rings. The summed E-state index contributed by atoms with van der Waals surface area (Å²) in [5.74, 6) is 0. The summed E-state index contributed by atoms with van der Waals surface area (Å²) in [5.41, 5.74) is 11.8. The third kappa shape index (κ3) is 11.3. The van der Waals surface area contributed by atoms with E-state index in [1.165, 1.54) is 0 Å². The van der Waals surface area contributed by atoms with Gasteiger partial charge in [0.25, 0.3) is 0 Å². The predicted octanol–water partition coefficient (Wildman–Crippen LogP) is 0.778. The number of primary amides is 2. The van der Waals surface area contributed by atoms with E-state index in [-0.39, 0.29) is 0 Å². The fraction of sp³-hybridized carbons (Fsp3) is 0.0909. The second-order valence-electron chi connectivity index (χ2n) is 3.21. The first-order chi connectivity index (χ1) is 9.81. The van der Waals surface area contributed by atoms with Gasteiger partial charge in [-0.1, -0.05) is 6.07 Å². The molecule has 4 amide bonds. The van der Waals surface area contributed by atoms with Crippen LogP contribution in [0.3, 0.4) is 0 Å². The Hall–Kier alpha value is -3.48. The maximum absolute atomic E-state index is 10.7. The van der Waals surface area contributed by atoms with Gasteiger partial charge < -0.3 is 22.1 Å². The van der Waals surface area contributed by atoms with E-state index in [1.807, 2.05) is 0 Å². The Bertz CT molecular complexity index is 548. The molecule has 1 rings (SSSR count). The van der Waals surface area contributed by atoms with E-state index in [2.05, 4.69) is 10.6 Å². The number of amides is 4.